The standard InChI is InChI=1S/C17H20ClN/c1-2-7-17(15-9-4-3-5-10-15)19-13-14-8-6-11-16(18)12-14/h3-6,8-12,17,19H,2,7,13H2,1H3. The Balaban J connectivity index is 2.01. The van der Waals surface area contributed by atoms with E-state index in [1.54, 1.807) is 0 Å². The van der Waals surface area contributed by atoms with Crippen molar-refractivity contribution in [2.45, 2.75) is 32.4 Å². The molecule has 0 heterocycles. The molecule has 0 aliphatic rings. The first-order valence-electron chi connectivity index (χ1n) is 6.82. The highest BCUT2D eigenvalue weighted by molar-refractivity contribution is 6.30. The van der Waals surface area contributed by atoms with Crippen LogP contribution < -0.4 is 5.32 Å². The lowest BCUT2D eigenvalue weighted by Crippen LogP contribution is -2.20. The fraction of sp³-hybridized carbons (Fsp3) is 0.294. The van der Waals surface area contributed by atoms with Gasteiger partial charge in [-0.15, -0.1) is 0 Å². The normalized spacial score (nSPS) is 12.3. The van der Waals surface area contributed by atoms with Gasteiger partial charge in [0.15, 0.2) is 0 Å². The van der Waals surface area contributed by atoms with E-state index in [4.69, 9.17) is 11.6 Å². The topological polar surface area (TPSA) is 12.0 Å². The van der Waals surface area contributed by atoms with Crippen molar-refractivity contribution in [1.82, 2.24) is 5.32 Å². The molecule has 19 heavy (non-hydrogen) atoms. The summed E-state index contributed by atoms with van der Waals surface area (Å²) >= 11 is 6.01. The van der Waals surface area contributed by atoms with Crippen molar-refractivity contribution < 1.29 is 0 Å². The van der Waals surface area contributed by atoms with E-state index in [9.17, 15) is 0 Å². The first-order valence-corrected chi connectivity index (χ1v) is 7.20. The predicted molar refractivity (Wildman–Crippen MR) is 82.4 cm³/mol. The van der Waals surface area contributed by atoms with Crippen LogP contribution >= 0.6 is 11.6 Å². The van der Waals surface area contributed by atoms with Crippen LogP contribution in [0.1, 0.15) is 36.9 Å². The number of rotatable bonds is 6. The summed E-state index contributed by atoms with van der Waals surface area (Å²) in [5, 5.41) is 4.42. The predicted octanol–water partition coefficient (Wildman–Crippen LogP) is 4.97. The Kier molecular flexibility index (Phi) is 5.44. The van der Waals surface area contributed by atoms with Crippen molar-refractivity contribution in [3.8, 4) is 0 Å². The smallest absolute Gasteiger partial charge is 0.0409 e. The number of nitrogens with one attached hydrogen (secondary N) is 1. The number of hydrogen-bond donors (Lipinski definition) is 1. The Morgan fingerprint density at radius 3 is 2.53 bits per heavy atom. The second kappa shape index (κ2) is 7.32. The molecule has 0 saturated heterocycles. The van der Waals surface area contributed by atoms with Crippen LogP contribution in [-0.4, -0.2) is 0 Å². The van der Waals surface area contributed by atoms with Gasteiger partial charge in [0, 0.05) is 17.6 Å². The zero-order chi connectivity index (χ0) is 13.5. The maximum atomic E-state index is 6.01. The molecule has 100 valence electrons. The van der Waals surface area contributed by atoms with Crippen molar-refractivity contribution in [2.75, 3.05) is 0 Å². The third kappa shape index (κ3) is 4.38. The van der Waals surface area contributed by atoms with Gasteiger partial charge in [0.1, 0.15) is 0 Å². The fourth-order valence-corrected chi connectivity index (χ4v) is 2.46. The minimum Gasteiger partial charge on any atom is -0.306 e. The molecule has 0 aliphatic heterocycles. The van der Waals surface area contributed by atoms with Gasteiger partial charge < -0.3 is 5.32 Å². The van der Waals surface area contributed by atoms with Gasteiger partial charge in [0.2, 0.25) is 0 Å². The zero-order valence-corrected chi connectivity index (χ0v) is 12.0. The number of benzene rings is 2. The lowest BCUT2D eigenvalue weighted by atomic mass is 10.0. The summed E-state index contributed by atoms with van der Waals surface area (Å²) in [5.41, 5.74) is 2.58. The molecule has 0 amide bonds. The monoisotopic (exact) mass is 273 g/mol. The first-order chi connectivity index (χ1) is 9.29. The molecule has 1 unspecified atom stereocenters. The lowest BCUT2D eigenvalue weighted by Gasteiger charge is -2.18. The molecule has 1 atom stereocenters. The molecule has 2 heteroatoms. The van der Waals surface area contributed by atoms with Crippen LogP contribution in [0.15, 0.2) is 54.6 Å². The molecule has 2 rings (SSSR count). The average Bonchev–Trinajstić information content (AvgIpc) is 2.44. The van der Waals surface area contributed by atoms with Gasteiger partial charge in [-0.3, -0.25) is 0 Å². The molecular weight excluding hydrogens is 254 g/mol. The van der Waals surface area contributed by atoms with Crippen LogP contribution in [0.25, 0.3) is 0 Å². The molecule has 0 radical (unpaired) electrons. The molecular formula is C17H20ClN. The largest absolute Gasteiger partial charge is 0.306 e. The molecule has 1 N–H and O–H groups in total. The molecule has 0 saturated carbocycles. The zero-order valence-electron chi connectivity index (χ0n) is 11.3. The van der Waals surface area contributed by atoms with E-state index in [0.29, 0.717) is 6.04 Å². The Morgan fingerprint density at radius 2 is 1.84 bits per heavy atom. The van der Waals surface area contributed by atoms with Crippen LogP contribution in [0.2, 0.25) is 5.02 Å². The van der Waals surface area contributed by atoms with E-state index in [2.05, 4.69) is 48.6 Å². The van der Waals surface area contributed by atoms with Crippen LogP contribution in [0.3, 0.4) is 0 Å². The van der Waals surface area contributed by atoms with Crippen LogP contribution in [0.5, 0.6) is 0 Å². The van der Waals surface area contributed by atoms with Crippen molar-refractivity contribution in [1.29, 1.82) is 0 Å². The summed E-state index contributed by atoms with van der Waals surface area (Å²) in [5.74, 6) is 0. The Hall–Kier alpha value is -1.31. The molecule has 0 bridgehead atoms. The summed E-state index contributed by atoms with van der Waals surface area (Å²) in [6, 6.07) is 19.1. The minimum absolute atomic E-state index is 0.408. The van der Waals surface area contributed by atoms with E-state index in [1.165, 1.54) is 17.5 Å². The van der Waals surface area contributed by atoms with Gasteiger partial charge in [0.05, 0.1) is 0 Å². The fourth-order valence-electron chi connectivity index (χ4n) is 2.25. The molecule has 2 aromatic rings. The summed E-state index contributed by atoms with van der Waals surface area (Å²) in [6.45, 7) is 3.07. The molecule has 1 nitrogen and oxygen atoms in total. The van der Waals surface area contributed by atoms with Gasteiger partial charge in [-0.05, 0) is 29.7 Å². The highest BCUT2D eigenvalue weighted by Gasteiger charge is 2.09. The summed E-state index contributed by atoms with van der Waals surface area (Å²) in [6.07, 6.45) is 2.31. The third-order valence-electron chi connectivity index (χ3n) is 3.22. The van der Waals surface area contributed by atoms with Crippen LogP contribution in [0, 0.1) is 0 Å². The van der Waals surface area contributed by atoms with Gasteiger partial charge in [-0.1, -0.05) is 67.4 Å². The van der Waals surface area contributed by atoms with Crippen molar-refractivity contribution >= 4 is 11.6 Å². The molecule has 0 aliphatic carbocycles. The molecule has 0 spiro atoms. The van der Waals surface area contributed by atoms with E-state index in [0.717, 1.165) is 18.0 Å². The van der Waals surface area contributed by atoms with Gasteiger partial charge in [-0.25, -0.2) is 0 Å². The summed E-state index contributed by atoms with van der Waals surface area (Å²) in [7, 11) is 0. The second-order valence-corrected chi connectivity index (χ2v) is 5.20. The van der Waals surface area contributed by atoms with E-state index in [1.807, 2.05) is 18.2 Å². The maximum Gasteiger partial charge on any atom is 0.0409 e. The Morgan fingerprint density at radius 1 is 1.05 bits per heavy atom. The first kappa shape index (κ1) is 14.1. The summed E-state index contributed by atoms with van der Waals surface area (Å²) in [4.78, 5) is 0. The second-order valence-electron chi connectivity index (χ2n) is 4.76. The van der Waals surface area contributed by atoms with Crippen molar-refractivity contribution in [3.63, 3.8) is 0 Å². The Labute approximate surface area is 120 Å². The van der Waals surface area contributed by atoms with Gasteiger partial charge in [0.25, 0.3) is 0 Å². The van der Waals surface area contributed by atoms with Crippen molar-refractivity contribution in [3.05, 3.63) is 70.7 Å². The maximum absolute atomic E-state index is 6.01. The number of halogens is 1. The molecule has 0 fully saturated rings. The SMILES string of the molecule is CCCC(NCc1cccc(Cl)c1)c1ccccc1. The van der Waals surface area contributed by atoms with Gasteiger partial charge >= 0.3 is 0 Å². The molecule has 0 aromatic heterocycles. The average molecular weight is 274 g/mol. The van der Waals surface area contributed by atoms with Crippen molar-refractivity contribution in [2.24, 2.45) is 0 Å². The number of hydrogen-bond acceptors (Lipinski definition) is 1. The van der Waals surface area contributed by atoms with Crippen LogP contribution in [-0.2, 0) is 6.54 Å². The summed E-state index contributed by atoms with van der Waals surface area (Å²) < 4.78 is 0. The van der Waals surface area contributed by atoms with Crippen LogP contribution in [0.4, 0.5) is 0 Å². The lowest BCUT2D eigenvalue weighted by molar-refractivity contribution is 0.493. The molecule has 2 aromatic carbocycles. The Bertz CT molecular complexity index is 496. The van der Waals surface area contributed by atoms with E-state index in [-0.39, 0.29) is 0 Å². The quantitative estimate of drug-likeness (QED) is 0.783. The van der Waals surface area contributed by atoms with E-state index >= 15 is 0 Å². The van der Waals surface area contributed by atoms with E-state index < -0.39 is 0 Å². The van der Waals surface area contributed by atoms with Gasteiger partial charge in [-0.2, -0.15) is 0 Å². The highest BCUT2D eigenvalue weighted by Crippen LogP contribution is 2.19. The highest BCUT2D eigenvalue weighted by atomic mass is 35.5. The third-order valence-corrected chi connectivity index (χ3v) is 3.46. The minimum atomic E-state index is 0.408.